The SMILES string of the molecule is CC(NC(=O)c1ccccc1)c1ccc2c(c1)CCC2. The highest BCUT2D eigenvalue weighted by Crippen LogP contribution is 2.25. The molecule has 1 aliphatic rings. The van der Waals surface area contributed by atoms with Crippen LogP contribution in [0.1, 0.15) is 46.4 Å². The number of carbonyl (C=O) groups is 1. The van der Waals surface area contributed by atoms with Gasteiger partial charge in [-0.2, -0.15) is 0 Å². The monoisotopic (exact) mass is 265 g/mol. The van der Waals surface area contributed by atoms with Crippen molar-refractivity contribution < 1.29 is 4.79 Å². The average molecular weight is 265 g/mol. The zero-order valence-electron chi connectivity index (χ0n) is 11.7. The van der Waals surface area contributed by atoms with Gasteiger partial charge in [-0.1, -0.05) is 36.4 Å². The summed E-state index contributed by atoms with van der Waals surface area (Å²) in [5.41, 5.74) is 4.81. The summed E-state index contributed by atoms with van der Waals surface area (Å²) < 4.78 is 0. The second kappa shape index (κ2) is 5.49. The third-order valence-electron chi connectivity index (χ3n) is 4.01. The van der Waals surface area contributed by atoms with Crippen molar-refractivity contribution in [1.82, 2.24) is 5.32 Å². The zero-order valence-corrected chi connectivity index (χ0v) is 11.7. The highest BCUT2D eigenvalue weighted by Gasteiger charge is 2.15. The van der Waals surface area contributed by atoms with Crippen molar-refractivity contribution in [3.63, 3.8) is 0 Å². The van der Waals surface area contributed by atoms with E-state index in [-0.39, 0.29) is 11.9 Å². The normalized spacial score (nSPS) is 14.7. The molecule has 2 aromatic carbocycles. The van der Waals surface area contributed by atoms with Crippen LogP contribution in [-0.2, 0) is 12.8 Å². The van der Waals surface area contributed by atoms with E-state index in [1.165, 1.54) is 36.0 Å². The van der Waals surface area contributed by atoms with E-state index in [4.69, 9.17) is 0 Å². The first kappa shape index (κ1) is 12.9. The maximum atomic E-state index is 12.2. The molecule has 0 aliphatic heterocycles. The van der Waals surface area contributed by atoms with Gasteiger partial charge in [0.15, 0.2) is 0 Å². The summed E-state index contributed by atoms with van der Waals surface area (Å²) in [7, 11) is 0. The summed E-state index contributed by atoms with van der Waals surface area (Å²) in [5.74, 6) is -0.0152. The zero-order chi connectivity index (χ0) is 13.9. The molecule has 0 spiro atoms. The van der Waals surface area contributed by atoms with Gasteiger partial charge in [0.05, 0.1) is 6.04 Å². The first-order valence-corrected chi connectivity index (χ1v) is 7.21. The molecule has 1 unspecified atom stereocenters. The van der Waals surface area contributed by atoms with Gasteiger partial charge in [0.2, 0.25) is 0 Å². The van der Waals surface area contributed by atoms with Crippen LogP contribution >= 0.6 is 0 Å². The second-order valence-electron chi connectivity index (χ2n) is 5.44. The molecule has 1 aliphatic carbocycles. The predicted octanol–water partition coefficient (Wildman–Crippen LogP) is 3.67. The quantitative estimate of drug-likeness (QED) is 0.901. The Morgan fingerprint density at radius 1 is 1.05 bits per heavy atom. The van der Waals surface area contributed by atoms with E-state index in [0.717, 1.165) is 0 Å². The molecular formula is C18H19NO. The Balaban J connectivity index is 1.73. The van der Waals surface area contributed by atoms with E-state index >= 15 is 0 Å². The number of aryl methyl sites for hydroxylation is 2. The van der Waals surface area contributed by atoms with Crippen LogP contribution in [0, 0.1) is 0 Å². The van der Waals surface area contributed by atoms with Crippen LogP contribution in [0.25, 0.3) is 0 Å². The Kier molecular flexibility index (Phi) is 3.55. The molecule has 1 N–H and O–H groups in total. The summed E-state index contributed by atoms with van der Waals surface area (Å²) in [6, 6.07) is 16.0. The molecule has 1 amide bonds. The van der Waals surface area contributed by atoms with Crippen molar-refractivity contribution >= 4 is 5.91 Å². The molecule has 2 heteroatoms. The number of nitrogens with one attached hydrogen (secondary N) is 1. The molecule has 20 heavy (non-hydrogen) atoms. The Hall–Kier alpha value is -2.09. The van der Waals surface area contributed by atoms with E-state index in [1.807, 2.05) is 37.3 Å². The first-order valence-electron chi connectivity index (χ1n) is 7.21. The predicted molar refractivity (Wildman–Crippen MR) is 80.8 cm³/mol. The molecule has 2 aromatic rings. The number of carbonyl (C=O) groups excluding carboxylic acids is 1. The van der Waals surface area contributed by atoms with Crippen molar-refractivity contribution in [2.75, 3.05) is 0 Å². The Labute approximate surface area is 119 Å². The fraction of sp³-hybridized carbons (Fsp3) is 0.278. The molecule has 0 aromatic heterocycles. The standard InChI is InChI=1S/C18H19NO/c1-13(19-18(20)15-6-3-2-4-7-15)16-11-10-14-8-5-9-17(14)12-16/h2-4,6-7,10-13H,5,8-9H2,1H3,(H,19,20). The average Bonchev–Trinajstić information content (AvgIpc) is 2.95. The topological polar surface area (TPSA) is 29.1 Å². The molecule has 1 atom stereocenters. The van der Waals surface area contributed by atoms with E-state index in [2.05, 4.69) is 23.5 Å². The molecule has 0 radical (unpaired) electrons. The molecule has 2 nitrogen and oxygen atoms in total. The third-order valence-corrected chi connectivity index (χ3v) is 4.01. The molecule has 0 saturated carbocycles. The number of amides is 1. The first-order chi connectivity index (χ1) is 9.74. The van der Waals surface area contributed by atoms with Crippen molar-refractivity contribution in [2.24, 2.45) is 0 Å². The van der Waals surface area contributed by atoms with E-state index in [9.17, 15) is 4.79 Å². The lowest BCUT2D eigenvalue weighted by molar-refractivity contribution is 0.0940. The molecular weight excluding hydrogens is 246 g/mol. The smallest absolute Gasteiger partial charge is 0.251 e. The van der Waals surface area contributed by atoms with Crippen LogP contribution in [0.3, 0.4) is 0 Å². The highest BCUT2D eigenvalue weighted by atomic mass is 16.1. The Bertz CT molecular complexity index is 619. The lowest BCUT2D eigenvalue weighted by atomic mass is 10.0. The fourth-order valence-corrected chi connectivity index (χ4v) is 2.81. The summed E-state index contributed by atoms with van der Waals surface area (Å²) in [6.07, 6.45) is 3.62. The van der Waals surface area contributed by atoms with Gasteiger partial charge in [0.25, 0.3) is 5.91 Å². The number of hydrogen-bond acceptors (Lipinski definition) is 1. The summed E-state index contributed by atoms with van der Waals surface area (Å²) in [6.45, 7) is 2.04. The van der Waals surface area contributed by atoms with Crippen LogP contribution in [0.15, 0.2) is 48.5 Å². The second-order valence-corrected chi connectivity index (χ2v) is 5.44. The number of benzene rings is 2. The third kappa shape index (κ3) is 2.60. The van der Waals surface area contributed by atoms with Crippen molar-refractivity contribution in [3.8, 4) is 0 Å². The number of fused-ring (bicyclic) bond motifs is 1. The van der Waals surface area contributed by atoms with Gasteiger partial charge in [-0.05, 0) is 55.0 Å². The molecule has 3 rings (SSSR count). The summed E-state index contributed by atoms with van der Waals surface area (Å²) >= 11 is 0. The largest absolute Gasteiger partial charge is 0.346 e. The van der Waals surface area contributed by atoms with E-state index in [1.54, 1.807) is 0 Å². The van der Waals surface area contributed by atoms with Crippen LogP contribution in [0.5, 0.6) is 0 Å². The van der Waals surface area contributed by atoms with Crippen molar-refractivity contribution in [1.29, 1.82) is 0 Å². The lowest BCUT2D eigenvalue weighted by Gasteiger charge is -2.15. The van der Waals surface area contributed by atoms with Gasteiger partial charge in [0.1, 0.15) is 0 Å². The van der Waals surface area contributed by atoms with E-state index < -0.39 is 0 Å². The van der Waals surface area contributed by atoms with E-state index in [0.29, 0.717) is 5.56 Å². The van der Waals surface area contributed by atoms with Crippen LogP contribution < -0.4 is 5.32 Å². The fourth-order valence-electron chi connectivity index (χ4n) is 2.81. The molecule has 0 heterocycles. The van der Waals surface area contributed by atoms with Crippen LogP contribution in [0.2, 0.25) is 0 Å². The van der Waals surface area contributed by atoms with Crippen LogP contribution in [0.4, 0.5) is 0 Å². The van der Waals surface area contributed by atoms with Gasteiger partial charge in [0, 0.05) is 5.56 Å². The molecule has 0 saturated heterocycles. The molecule has 0 bridgehead atoms. The van der Waals surface area contributed by atoms with Gasteiger partial charge in [-0.15, -0.1) is 0 Å². The van der Waals surface area contributed by atoms with Gasteiger partial charge >= 0.3 is 0 Å². The van der Waals surface area contributed by atoms with Gasteiger partial charge in [-0.3, -0.25) is 4.79 Å². The maximum Gasteiger partial charge on any atom is 0.251 e. The molecule has 102 valence electrons. The highest BCUT2D eigenvalue weighted by molar-refractivity contribution is 5.94. The summed E-state index contributed by atoms with van der Waals surface area (Å²) in [5, 5.41) is 3.06. The van der Waals surface area contributed by atoms with Crippen molar-refractivity contribution in [3.05, 3.63) is 70.8 Å². The minimum atomic E-state index is -0.0152. The lowest BCUT2D eigenvalue weighted by Crippen LogP contribution is -2.26. The Morgan fingerprint density at radius 3 is 2.60 bits per heavy atom. The minimum absolute atomic E-state index is 0.0152. The van der Waals surface area contributed by atoms with Gasteiger partial charge in [-0.25, -0.2) is 0 Å². The number of hydrogen-bond donors (Lipinski definition) is 1. The van der Waals surface area contributed by atoms with Gasteiger partial charge < -0.3 is 5.32 Å². The number of rotatable bonds is 3. The Morgan fingerprint density at radius 2 is 1.80 bits per heavy atom. The molecule has 0 fully saturated rings. The summed E-state index contributed by atoms with van der Waals surface area (Å²) in [4.78, 5) is 12.2. The van der Waals surface area contributed by atoms with Crippen LogP contribution in [-0.4, -0.2) is 5.91 Å². The maximum absolute atomic E-state index is 12.2. The minimum Gasteiger partial charge on any atom is -0.346 e. The van der Waals surface area contributed by atoms with Crippen molar-refractivity contribution in [2.45, 2.75) is 32.2 Å².